The van der Waals surface area contributed by atoms with Crippen LogP contribution in [-0.2, 0) is 4.84 Å². The van der Waals surface area contributed by atoms with E-state index in [0.29, 0.717) is 13.0 Å². The fourth-order valence-corrected chi connectivity index (χ4v) is 1.65. The Labute approximate surface area is 107 Å². The molecule has 0 heterocycles. The van der Waals surface area contributed by atoms with Crippen molar-refractivity contribution in [3.8, 4) is 0 Å². The second-order valence-electron chi connectivity index (χ2n) is 3.88. The summed E-state index contributed by atoms with van der Waals surface area (Å²) in [5, 5.41) is 10.6. The van der Waals surface area contributed by atoms with Crippen molar-refractivity contribution in [1.29, 1.82) is 0 Å². The van der Waals surface area contributed by atoms with Crippen LogP contribution in [-0.4, -0.2) is 18.3 Å². The van der Waals surface area contributed by atoms with Crippen LogP contribution in [0.5, 0.6) is 0 Å². The molecule has 2 aromatic carbocycles. The predicted octanol–water partition coefficient (Wildman–Crippen LogP) is 3.14. The number of anilines is 2. The average molecular weight is 243 g/mol. The van der Waals surface area contributed by atoms with Gasteiger partial charge >= 0.3 is 0 Å². The Morgan fingerprint density at radius 1 is 0.833 bits per heavy atom. The first kappa shape index (κ1) is 12.6. The van der Waals surface area contributed by atoms with Gasteiger partial charge in [-0.15, -0.1) is 0 Å². The van der Waals surface area contributed by atoms with Crippen LogP contribution >= 0.6 is 0 Å². The number of nitrogens with zero attached hydrogens (tertiary/aromatic N) is 1. The summed E-state index contributed by atoms with van der Waals surface area (Å²) in [5.41, 5.74) is 1.95. The number of rotatable bonds is 6. The molecule has 3 nitrogen and oxygen atoms in total. The van der Waals surface area contributed by atoms with Gasteiger partial charge < -0.3 is 5.11 Å². The van der Waals surface area contributed by atoms with Crippen LogP contribution in [0.2, 0.25) is 0 Å². The third-order valence-corrected chi connectivity index (χ3v) is 2.50. The zero-order valence-corrected chi connectivity index (χ0v) is 10.2. The summed E-state index contributed by atoms with van der Waals surface area (Å²) in [4.78, 5) is 5.73. The summed E-state index contributed by atoms with van der Waals surface area (Å²) in [6.07, 6.45) is 0.621. The standard InChI is InChI=1S/C15H17NO2/c17-12-7-13-18-16(14-8-3-1-4-9-14)15-10-5-2-6-11-15/h1-6,8-11,17H,7,12-13H2. The second-order valence-corrected chi connectivity index (χ2v) is 3.88. The monoisotopic (exact) mass is 243 g/mol. The van der Waals surface area contributed by atoms with Gasteiger partial charge in [-0.3, -0.25) is 4.84 Å². The van der Waals surface area contributed by atoms with E-state index in [0.717, 1.165) is 11.4 Å². The normalized spacial score (nSPS) is 10.3. The Morgan fingerprint density at radius 2 is 1.33 bits per heavy atom. The molecule has 94 valence electrons. The first-order chi connectivity index (χ1) is 8.92. The van der Waals surface area contributed by atoms with E-state index in [1.54, 1.807) is 5.06 Å². The Balaban J connectivity index is 2.18. The molecule has 0 saturated heterocycles. The molecule has 0 amide bonds. The number of aliphatic hydroxyl groups is 1. The minimum atomic E-state index is 0.136. The molecule has 0 aliphatic carbocycles. The Morgan fingerprint density at radius 3 is 1.78 bits per heavy atom. The van der Waals surface area contributed by atoms with Gasteiger partial charge in [0, 0.05) is 6.61 Å². The highest BCUT2D eigenvalue weighted by molar-refractivity contribution is 5.59. The Hall–Kier alpha value is -1.84. The molecule has 2 rings (SSSR count). The molecular weight excluding hydrogens is 226 g/mol. The van der Waals surface area contributed by atoms with E-state index in [1.807, 2.05) is 60.7 Å². The van der Waals surface area contributed by atoms with Crippen molar-refractivity contribution >= 4 is 11.4 Å². The maximum Gasteiger partial charge on any atom is 0.0775 e. The summed E-state index contributed by atoms with van der Waals surface area (Å²) in [5.74, 6) is 0. The quantitative estimate of drug-likeness (QED) is 0.625. The van der Waals surface area contributed by atoms with E-state index >= 15 is 0 Å². The van der Waals surface area contributed by atoms with Gasteiger partial charge in [0.2, 0.25) is 0 Å². The fourth-order valence-electron chi connectivity index (χ4n) is 1.65. The van der Waals surface area contributed by atoms with E-state index in [2.05, 4.69) is 0 Å². The molecule has 0 saturated carbocycles. The topological polar surface area (TPSA) is 32.7 Å². The molecule has 3 heteroatoms. The van der Waals surface area contributed by atoms with Crippen LogP contribution in [0.1, 0.15) is 6.42 Å². The van der Waals surface area contributed by atoms with Crippen molar-refractivity contribution in [2.45, 2.75) is 6.42 Å². The molecule has 0 aromatic heterocycles. The Kier molecular flexibility index (Phi) is 4.76. The van der Waals surface area contributed by atoms with Gasteiger partial charge in [0.05, 0.1) is 18.0 Å². The average Bonchev–Trinajstić information content (AvgIpc) is 2.46. The number of benzene rings is 2. The highest BCUT2D eigenvalue weighted by Gasteiger charge is 2.08. The van der Waals surface area contributed by atoms with Crippen LogP contribution < -0.4 is 5.06 Å². The number of hydrogen-bond donors (Lipinski definition) is 1. The highest BCUT2D eigenvalue weighted by atomic mass is 16.7. The molecule has 0 fully saturated rings. The van der Waals surface area contributed by atoms with Crippen molar-refractivity contribution in [3.05, 3.63) is 60.7 Å². The van der Waals surface area contributed by atoms with Crippen LogP contribution in [0.15, 0.2) is 60.7 Å². The SMILES string of the molecule is OCCCON(c1ccccc1)c1ccccc1. The lowest BCUT2D eigenvalue weighted by Crippen LogP contribution is -2.18. The zero-order chi connectivity index (χ0) is 12.6. The van der Waals surface area contributed by atoms with Crippen molar-refractivity contribution < 1.29 is 9.94 Å². The minimum Gasteiger partial charge on any atom is -0.396 e. The molecular formula is C15H17NO2. The van der Waals surface area contributed by atoms with Crippen LogP contribution in [0, 0.1) is 0 Å². The van der Waals surface area contributed by atoms with E-state index in [1.165, 1.54) is 0 Å². The summed E-state index contributed by atoms with van der Waals surface area (Å²) < 4.78 is 0. The lowest BCUT2D eigenvalue weighted by molar-refractivity contribution is 0.117. The van der Waals surface area contributed by atoms with Crippen molar-refractivity contribution in [2.75, 3.05) is 18.3 Å². The van der Waals surface area contributed by atoms with E-state index in [4.69, 9.17) is 9.94 Å². The van der Waals surface area contributed by atoms with Crippen LogP contribution in [0.25, 0.3) is 0 Å². The molecule has 0 atom stereocenters. The summed E-state index contributed by atoms with van der Waals surface area (Å²) in [6.45, 7) is 0.623. The zero-order valence-electron chi connectivity index (χ0n) is 10.2. The van der Waals surface area contributed by atoms with Gasteiger partial charge in [-0.25, -0.2) is 5.06 Å². The van der Waals surface area contributed by atoms with Crippen LogP contribution in [0.4, 0.5) is 11.4 Å². The molecule has 18 heavy (non-hydrogen) atoms. The summed E-state index contributed by atoms with van der Waals surface area (Å²) in [7, 11) is 0. The molecule has 0 spiro atoms. The van der Waals surface area contributed by atoms with E-state index < -0.39 is 0 Å². The minimum absolute atomic E-state index is 0.136. The van der Waals surface area contributed by atoms with Crippen molar-refractivity contribution in [2.24, 2.45) is 0 Å². The van der Waals surface area contributed by atoms with Gasteiger partial charge in [-0.1, -0.05) is 36.4 Å². The van der Waals surface area contributed by atoms with Gasteiger partial charge in [-0.05, 0) is 30.7 Å². The molecule has 1 N–H and O–H groups in total. The van der Waals surface area contributed by atoms with Crippen molar-refractivity contribution in [1.82, 2.24) is 0 Å². The third-order valence-electron chi connectivity index (χ3n) is 2.50. The molecule has 0 aliphatic heterocycles. The highest BCUT2D eigenvalue weighted by Crippen LogP contribution is 2.24. The smallest absolute Gasteiger partial charge is 0.0775 e. The maximum atomic E-state index is 8.82. The molecule has 2 aromatic rings. The number of aliphatic hydroxyl groups excluding tert-OH is 1. The maximum absolute atomic E-state index is 8.82. The predicted molar refractivity (Wildman–Crippen MR) is 72.7 cm³/mol. The summed E-state index contributed by atoms with van der Waals surface area (Å²) in [6, 6.07) is 19.8. The fraction of sp³-hybridized carbons (Fsp3) is 0.200. The lowest BCUT2D eigenvalue weighted by Gasteiger charge is -2.23. The van der Waals surface area contributed by atoms with Crippen LogP contribution in [0.3, 0.4) is 0 Å². The first-order valence-electron chi connectivity index (χ1n) is 6.06. The van der Waals surface area contributed by atoms with Gasteiger partial charge in [0.15, 0.2) is 0 Å². The van der Waals surface area contributed by atoms with Gasteiger partial charge in [0.1, 0.15) is 0 Å². The Bertz CT molecular complexity index is 405. The van der Waals surface area contributed by atoms with Crippen molar-refractivity contribution in [3.63, 3.8) is 0 Å². The molecule has 0 aliphatic rings. The second kappa shape index (κ2) is 6.79. The third kappa shape index (κ3) is 3.32. The lowest BCUT2D eigenvalue weighted by atomic mass is 10.2. The van der Waals surface area contributed by atoms with Gasteiger partial charge in [-0.2, -0.15) is 0 Å². The van der Waals surface area contributed by atoms with E-state index in [9.17, 15) is 0 Å². The largest absolute Gasteiger partial charge is 0.396 e. The van der Waals surface area contributed by atoms with E-state index in [-0.39, 0.29) is 6.61 Å². The van der Waals surface area contributed by atoms with Gasteiger partial charge in [0.25, 0.3) is 0 Å². The summed E-state index contributed by atoms with van der Waals surface area (Å²) >= 11 is 0. The molecule has 0 unspecified atom stereocenters. The molecule has 0 radical (unpaired) electrons. The first-order valence-corrected chi connectivity index (χ1v) is 6.06. The number of hydrogen-bond acceptors (Lipinski definition) is 3. The number of para-hydroxylation sites is 2. The molecule has 0 bridgehead atoms.